The Balaban J connectivity index is 2.06. The van der Waals surface area contributed by atoms with Crippen molar-refractivity contribution in [2.24, 2.45) is 0 Å². The van der Waals surface area contributed by atoms with E-state index < -0.39 is 17.2 Å². The molecule has 0 spiro atoms. The summed E-state index contributed by atoms with van der Waals surface area (Å²) in [6.07, 6.45) is 0.412. The molecule has 0 radical (unpaired) electrons. The van der Waals surface area contributed by atoms with Crippen LogP contribution in [0.5, 0.6) is 0 Å². The maximum atomic E-state index is 12.0. The van der Waals surface area contributed by atoms with Crippen LogP contribution in [0, 0.1) is 0 Å². The predicted octanol–water partition coefficient (Wildman–Crippen LogP) is 3.10. The van der Waals surface area contributed by atoms with Gasteiger partial charge in [0, 0.05) is 6.42 Å². The Morgan fingerprint density at radius 3 is 2.44 bits per heavy atom. The van der Waals surface area contributed by atoms with Gasteiger partial charge in [-0.25, -0.2) is 13.3 Å². The van der Waals surface area contributed by atoms with Crippen LogP contribution in [0.1, 0.15) is 21.6 Å². The van der Waals surface area contributed by atoms with Crippen LogP contribution in [-0.2, 0) is 17.7 Å². The third-order valence-electron chi connectivity index (χ3n) is 3.45. The van der Waals surface area contributed by atoms with Crippen molar-refractivity contribution in [3.8, 4) is 0 Å². The number of rotatable bonds is 6. The molecule has 3 aromatic rings. The van der Waals surface area contributed by atoms with Crippen LogP contribution in [-0.4, -0.2) is 28.6 Å². The number of nitrogens with zero attached hydrogens (tertiary/aromatic N) is 3. The molecule has 2 N–H and O–H groups in total. The predicted molar refractivity (Wildman–Crippen MR) is 95.5 cm³/mol. The van der Waals surface area contributed by atoms with E-state index in [1.54, 1.807) is 12.1 Å². The molecule has 1 heterocycles. The standard InChI is InChI=1S/C16H13N3O4S2/c20-16(21)12-8-4-5-9-14(12)19(25(22)23)15-13(17-24-18-15)10-11-6-2-1-3-7-11/h1-9H,10H2,(H,20,21)(H,22,23). The number of carboxylic acids is 1. The molecule has 0 aliphatic rings. The number of para-hydroxylation sites is 1. The van der Waals surface area contributed by atoms with Gasteiger partial charge >= 0.3 is 5.97 Å². The van der Waals surface area contributed by atoms with Crippen molar-refractivity contribution in [2.45, 2.75) is 6.42 Å². The van der Waals surface area contributed by atoms with Crippen LogP contribution in [0.3, 0.4) is 0 Å². The fourth-order valence-corrected chi connectivity index (χ4v) is 3.58. The zero-order valence-corrected chi connectivity index (χ0v) is 14.4. The zero-order chi connectivity index (χ0) is 17.8. The lowest BCUT2D eigenvalue weighted by Gasteiger charge is -2.20. The largest absolute Gasteiger partial charge is 0.478 e. The lowest BCUT2D eigenvalue weighted by Crippen LogP contribution is -2.23. The number of benzene rings is 2. The van der Waals surface area contributed by atoms with E-state index in [0.29, 0.717) is 12.1 Å². The Hall–Kier alpha value is -2.62. The first-order valence-corrected chi connectivity index (χ1v) is 8.96. The molecule has 0 saturated heterocycles. The molecule has 1 unspecified atom stereocenters. The highest BCUT2D eigenvalue weighted by molar-refractivity contribution is 7.81. The molecular weight excluding hydrogens is 362 g/mol. The summed E-state index contributed by atoms with van der Waals surface area (Å²) in [4.78, 5) is 11.5. The topological polar surface area (TPSA) is 104 Å². The number of aromatic nitrogens is 2. The lowest BCUT2D eigenvalue weighted by molar-refractivity contribution is 0.0698. The second-order valence-electron chi connectivity index (χ2n) is 5.04. The van der Waals surface area contributed by atoms with Gasteiger partial charge in [0.15, 0.2) is 5.82 Å². The van der Waals surface area contributed by atoms with Crippen LogP contribution in [0.25, 0.3) is 0 Å². The maximum Gasteiger partial charge on any atom is 0.337 e. The van der Waals surface area contributed by atoms with Crippen LogP contribution < -0.4 is 4.31 Å². The zero-order valence-electron chi connectivity index (χ0n) is 12.8. The monoisotopic (exact) mass is 375 g/mol. The number of aromatic carboxylic acids is 1. The van der Waals surface area contributed by atoms with Gasteiger partial charge in [-0.15, -0.1) is 0 Å². The summed E-state index contributed by atoms with van der Waals surface area (Å²) in [5.74, 6) is -1.03. The first-order valence-electron chi connectivity index (χ1n) is 7.16. The van der Waals surface area contributed by atoms with Gasteiger partial charge in [-0.2, -0.15) is 8.75 Å². The molecule has 7 nitrogen and oxygen atoms in total. The van der Waals surface area contributed by atoms with Gasteiger partial charge in [0.25, 0.3) is 11.3 Å². The van der Waals surface area contributed by atoms with Gasteiger partial charge in [0.2, 0.25) is 0 Å². The number of hydrogen-bond acceptors (Lipinski definition) is 5. The molecular formula is C16H13N3O4S2. The van der Waals surface area contributed by atoms with Gasteiger partial charge in [-0.3, -0.25) is 4.55 Å². The first-order chi connectivity index (χ1) is 12.1. The SMILES string of the molecule is O=C(O)c1ccccc1N(c1nsnc1Cc1ccccc1)S(=O)O. The fraction of sp³-hybridized carbons (Fsp3) is 0.0625. The minimum absolute atomic E-state index is 0.0813. The Labute approximate surface area is 150 Å². The molecule has 128 valence electrons. The van der Waals surface area contributed by atoms with Crippen molar-refractivity contribution in [1.29, 1.82) is 0 Å². The summed E-state index contributed by atoms with van der Waals surface area (Å²) in [5, 5.41) is 9.36. The summed E-state index contributed by atoms with van der Waals surface area (Å²) in [7, 11) is 0. The summed E-state index contributed by atoms with van der Waals surface area (Å²) in [5.41, 5.74) is 1.45. The van der Waals surface area contributed by atoms with Crippen LogP contribution in [0.4, 0.5) is 11.5 Å². The second-order valence-corrected chi connectivity index (χ2v) is 6.40. The van der Waals surface area contributed by atoms with Gasteiger partial charge in [0.05, 0.1) is 23.0 Å². The summed E-state index contributed by atoms with van der Waals surface area (Å²) in [6.45, 7) is 0. The van der Waals surface area contributed by atoms with Gasteiger partial charge in [-0.05, 0) is 17.7 Å². The second kappa shape index (κ2) is 7.51. The average Bonchev–Trinajstić information content (AvgIpc) is 3.04. The highest BCUT2D eigenvalue weighted by Gasteiger charge is 2.26. The van der Waals surface area contributed by atoms with E-state index in [2.05, 4.69) is 8.75 Å². The Bertz CT molecular complexity index is 915. The van der Waals surface area contributed by atoms with Gasteiger partial charge in [-0.1, -0.05) is 42.5 Å². The van der Waals surface area contributed by atoms with E-state index in [-0.39, 0.29) is 17.1 Å². The van der Waals surface area contributed by atoms with Crippen molar-refractivity contribution < 1.29 is 18.7 Å². The van der Waals surface area contributed by atoms with E-state index in [4.69, 9.17) is 0 Å². The van der Waals surface area contributed by atoms with Crippen molar-refractivity contribution in [1.82, 2.24) is 8.75 Å². The maximum absolute atomic E-state index is 12.0. The third kappa shape index (κ3) is 3.73. The molecule has 1 atom stereocenters. The van der Waals surface area contributed by atoms with Crippen molar-refractivity contribution in [3.05, 3.63) is 71.4 Å². The molecule has 0 saturated carbocycles. The Morgan fingerprint density at radius 2 is 1.76 bits per heavy atom. The molecule has 2 aromatic carbocycles. The van der Waals surface area contributed by atoms with Crippen molar-refractivity contribution in [3.63, 3.8) is 0 Å². The van der Waals surface area contributed by atoms with Crippen molar-refractivity contribution >= 4 is 40.5 Å². The smallest absolute Gasteiger partial charge is 0.337 e. The molecule has 0 aliphatic heterocycles. The Morgan fingerprint density at radius 1 is 1.08 bits per heavy atom. The fourth-order valence-electron chi connectivity index (χ4n) is 2.36. The normalized spacial score (nSPS) is 11.9. The summed E-state index contributed by atoms with van der Waals surface area (Å²) in [6, 6.07) is 15.5. The molecule has 0 fully saturated rings. The van der Waals surface area contributed by atoms with E-state index in [1.807, 2.05) is 30.3 Å². The highest BCUT2D eigenvalue weighted by atomic mass is 32.2. The van der Waals surface area contributed by atoms with Gasteiger partial charge < -0.3 is 5.11 Å². The molecule has 1 aromatic heterocycles. The van der Waals surface area contributed by atoms with E-state index in [0.717, 1.165) is 21.6 Å². The minimum atomic E-state index is -2.50. The molecule has 3 rings (SSSR count). The summed E-state index contributed by atoms with van der Waals surface area (Å²) >= 11 is -1.60. The van der Waals surface area contributed by atoms with Crippen LogP contribution >= 0.6 is 11.7 Å². The summed E-state index contributed by atoms with van der Waals surface area (Å²) < 4.78 is 31.0. The Kier molecular flexibility index (Phi) is 5.17. The average molecular weight is 375 g/mol. The molecule has 25 heavy (non-hydrogen) atoms. The molecule has 9 heteroatoms. The minimum Gasteiger partial charge on any atom is -0.478 e. The first kappa shape index (κ1) is 17.2. The number of carbonyl (C=O) groups is 1. The number of carboxylic acid groups (broad SMARTS) is 1. The number of anilines is 2. The molecule has 0 amide bonds. The van der Waals surface area contributed by atoms with Crippen LogP contribution in [0.15, 0.2) is 54.6 Å². The van der Waals surface area contributed by atoms with Crippen LogP contribution in [0.2, 0.25) is 0 Å². The van der Waals surface area contributed by atoms with E-state index in [9.17, 15) is 18.7 Å². The molecule has 0 bridgehead atoms. The van der Waals surface area contributed by atoms with E-state index >= 15 is 0 Å². The number of hydrogen-bond donors (Lipinski definition) is 2. The lowest BCUT2D eigenvalue weighted by atomic mass is 10.1. The van der Waals surface area contributed by atoms with E-state index in [1.165, 1.54) is 12.1 Å². The third-order valence-corrected chi connectivity index (χ3v) is 4.69. The quantitative estimate of drug-likeness (QED) is 0.642. The van der Waals surface area contributed by atoms with Gasteiger partial charge in [0.1, 0.15) is 5.69 Å². The molecule has 0 aliphatic carbocycles. The van der Waals surface area contributed by atoms with Crippen molar-refractivity contribution in [2.75, 3.05) is 4.31 Å². The highest BCUT2D eigenvalue weighted by Crippen LogP contribution is 2.32.